The van der Waals surface area contributed by atoms with Gasteiger partial charge >= 0.3 is 5.69 Å². The summed E-state index contributed by atoms with van der Waals surface area (Å²) in [7, 11) is 0. The van der Waals surface area contributed by atoms with Crippen LogP contribution in [0.3, 0.4) is 0 Å². The Kier molecular flexibility index (Phi) is 4.28. The maximum absolute atomic E-state index is 13.3. The normalized spacial score (nSPS) is 11.4. The Morgan fingerprint density at radius 1 is 0.767 bits per heavy atom. The summed E-state index contributed by atoms with van der Waals surface area (Å²) in [4.78, 5) is 26.4. The van der Waals surface area contributed by atoms with Gasteiger partial charge in [0.05, 0.1) is 24.0 Å². The van der Waals surface area contributed by atoms with Crippen LogP contribution in [0.25, 0.3) is 16.7 Å². The van der Waals surface area contributed by atoms with Gasteiger partial charge in [-0.2, -0.15) is 0 Å². The van der Waals surface area contributed by atoms with E-state index < -0.39 is 0 Å². The van der Waals surface area contributed by atoms with Crippen molar-refractivity contribution in [2.45, 2.75) is 13.1 Å². The van der Waals surface area contributed by atoms with E-state index in [1.807, 2.05) is 30.3 Å². The van der Waals surface area contributed by atoms with Crippen molar-refractivity contribution in [2.75, 3.05) is 0 Å². The number of halogens is 1. The molecule has 0 unspecified atom stereocenters. The van der Waals surface area contributed by atoms with E-state index >= 15 is 0 Å². The van der Waals surface area contributed by atoms with E-state index in [4.69, 9.17) is 0 Å². The van der Waals surface area contributed by atoms with Crippen molar-refractivity contribution < 1.29 is 4.39 Å². The Bertz CT molecular complexity index is 1480. The fourth-order valence-electron chi connectivity index (χ4n) is 3.64. The third-order valence-corrected chi connectivity index (χ3v) is 5.11. The minimum atomic E-state index is -0.349. The highest BCUT2D eigenvalue weighted by molar-refractivity contribution is 5.80. The van der Waals surface area contributed by atoms with Gasteiger partial charge in [-0.1, -0.05) is 54.6 Å². The van der Waals surface area contributed by atoms with E-state index in [0.29, 0.717) is 17.4 Å². The summed E-state index contributed by atoms with van der Waals surface area (Å²) in [6, 6.07) is 22.4. The van der Waals surface area contributed by atoms with Crippen molar-refractivity contribution in [3.8, 4) is 0 Å². The van der Waals surface area contributed by atoms with Gasteiger partial charge in [0, 0.05) is 0 Å². The van der Waals surface area contributed by atoms with E-state index in [2.05, 4.69) is 5.10 Å². The molecule has 0 atom stereocenters. The largest absolute Gasteiger partial charge is 0.352 e. The Morgan fingerprint density at radius 2 is 1.43 bits per heavy atom. The van der Waals surface area contributed by atoms with Crippen LogP contribution < -0.4 is 11.2 Å². The molecule has 5 aromatic rings. The van der Waals surface area contributed by atoms with Crippen LogP contribution in [0.15, 0.2) is 88.5 Å². The number of aromatic nitrogens is 4. The smallest absolute Gasteiger partial charge is 0.272 e. The van der Waals surface area contributed by atoms with Gasteiger partial charge in [-0.3, -0.25) is 9.36 Å². The minimum Gasteiger partial charge on any atom is -0.272 e. The van der Waals surface area contributed by atoms with Crippen LogP contribution in [0.1, 0.15) is 11.1 Å². The lowest BCUT2D eigenvalue weighted by Gasteiger charge is -2.09. The molecule has 0 aliphatic carbocycles. The van der Waals surface area contributed by atoms with Crippen LogP contribution in [-0.4, -0.2) is 18.7 Å². The Balaban J connectivity index is 1.76. The molecule has 2 aromatic heterocycles. The van der Waals surface area contributed by atoms with Gasteiger partial charge in [-0.05, 0) is 35.4 Å². The van der Waals surface area contributed by atoms with E-state index in [-0.39, 0.29) is 29.4 Å². The number of fused-ring (bicyclic) bond motifs is 3. The van der Waals surface area contributed by atoms with Gasteiger partial charge in [0.2, 0.25) is 5.78 Å². The van der Waals surface area contributed by atoms with E-state index in [1.54, 1.807) is 36.4 Å². The summed E-state index contributed by atoms with van der Waals surface area (Å²) < 4.78 is 17.6. The molecule has 0 saturated carbocycles. The first kappa shape index (κ1) is 18.1. The zero-order chi connectivity index (χ0) is 20.7. The van der Waals surface area contributed by atoms with Gasteiger partial charge in [0.25, 0.3) is 5.56 Å². The third kappa shape index (κ3) is 3.00. The molecule has 30 heavy (non-hydrogen) atoms. The van der Waals surface area contributed by atoms with Gasteiger partial charge in [0.1, 0.15) is 5.82 Å². The standard InChI is InChI=1S/C23H17FN4O2/c24-18-12-10-17(11-13-18)14-26-21(29)19-8-4-5-9-20(19)28-22(26)25-27(23(28)30)15-16-6-2-1-3-7-16/h1-13H,14-15H2. The molecule has 0 amide bonds. The first-order valence-electron chi connectivity index (χ1n) is 9.51. The average Bonchev–Trinajstić information content (AvgIpc) is 3.09. The lowest BCUT2D eigenvalue weighted by atomic mass is 10.2. The molecule has 6 nitrogen and oxygen atoms in total. The Labute approximate surface area is 170 Å². The summed E-state index contributed by atoms with van der Waals surface area (Å²) >= 11 is 0. The second-order valence-corrected chi connectivity index (χ2v) is 7.10. The number of hydrogen-bond donors (Lipinski definition) is 0. The molecule has 5 rings (SSSR count). The van der Waals surface area contributed by atoms with Crippen LogP contribution in [0.4, 0.5) is 4.39 Å². The van der Waals surface area contributed by atoms with Gasteiger partial charge in [0.15, 0.2) is 0 Å². The van der Waals surface area contributed by atoms with Gasteiger partial charge < -0.3 is 0 Å². The highest BCUT2D eigenvalue weighted by Crippen LogP contribution is 2.13. The van der Waals surface area contributed by atoms with Crippen molar-refractivity contribution in [3.63, 3.8) is 0 Å². The summed E-state index contributed by atoms with van der Waals surface area (Å²) in [5.41, 5.74) is 1.61. The predicted molar refractivity (Wildman–Crippen MR) is 112 cm³/mol. The van der Waals surface area contributed by atoms with Gasteiger partial charge in [-0.25, -0.2) is 18.3 Å². The third-order valence-electron chi connectivity index (χ3n) is 5.11. The Hall–Kier alpha value is -4.00. The average molecular weight is 400 g/mol. The van der Waals surface area contributed by atoms with Crippen LogP contribution in [0, 0.1) is 5.82 Å². The fraction of sp³-hybridized carbons (Fsp3) is 0.0870. The van der Waals surface area contributed by atoms with Crippen molar-refractivity contribution in [3.05, 3.63) is 117 Å². The zero-order valence-corrected chi connectivity index (χ0v) is 15.9. The molecule has 0 bridgehead atoms. The Morgan fingerprint density at radius 3 is 2.20 bits per heavy atom. The number of rotatable bonds is 4. The second kappa shape index (κ2) is 7.11. The molecular formula is C23H17FN4O2. The molecule has 0 saturated heterocycles. The molecule has 148 valence electrons. The first-order chi connectivity index (χ1) is 14.6. The van der Waals surface area contributed by atoms with Crippen LogP contribution in [-0.2, 0) is 13.1 Å². The molecule has 0 fully saturated rings. The number of para-hydroxylation sites is 1. The molecule has 2 heterocycles. The quantitative estimate of drug-likeness (QED) is 0.466. The molecule has 3 aromatic carbocycles. The van der Waals surface area contributed by atoms with Crippen LogP contribution in [0.5, 0.6) is 0 Å². The SMILES string of the molecule is O=c1c2ccccc2n2c(=O)n(Cc3ccccc3)nc2n1Cc1ccc(F)cc1. The van der Waals surface area contributed by atoms with Crippen molar-refractivity contribution in [1.29, 1.82) is 0 Å². The molecule has 0 aliphatic rings. The molecular weight excluding hydrogens is 383 g/mol. The lowest BCUT2D eigenvalue weighted by molar-refractivity contribution is 0.626. The van der Waals surface area contributed by atoms with E-state index in [0.717, 1.165) is 11.1 Å². The lowest BCUT2D eigenvalue weighted by Crippen LogP contribution is -2.27. The number of benzene rings is 3. The van der Waals surface area contributed by atoms with E-state index in [9.17, 15) is 14.0 Å². The molecule has 0 aliphatic heterocycles. The topological polar surface area (TPSA) is 61.3 Å². The zero-order valence-electron chi connectivity index (χ0n) is 15.9. The summed E-state index contributed by atoms with van der Waals surface area (Å²) in [6.07, 6.45) is 0. The summed E-state index contributed by atoms with van der Waals surface area (Å²) in [5.74, 6) is -0.0953. The fourth-order valence-corrected chi connectivity index (χ4v) is 3.64. The molecule has 0 N–H and O–H groups in total. The highest BCUT2D eigenvalue weighted by Gasteiger charge is 2.17. The van der Waals surface area contributed by atoms with Crippen LogP contribution in [0.2, 0.25) is 0 Å². The number of hydrogen-bond acceptors (Lipinski definition) is 3. The molecule has 7 heteroatoms. The molecule has 0 radical (unpaired) electrons. The second-order valence-electron chi connectivity index (χ2n) is 7.10. The molecule has 0 spiro atoms. The summed E-state index contributed by atoms with van der Waals surface area (Å²) in [6.45, 7) is 0.468. The van der Waals surface area contributed by atoms with Gasteiger partial charge in [-0.15, -0.1) is 5.10 Å². The maximum atomic E-state index is 13.3. The first-order valence-corrected chi connectivity index (χ1v) is 9.51. The van der Waals surface area contributed by atoms with Crippen molar-refractivity contribution >= 4 is 16.7 Å². The minimum absolute atomic E-state index is 0.176. The predicted octanol–water partition coefficient (Wildman–Crippen LogP) is 3.05. The van der Waals surface area contributed by atoms with Crippen LogP contribution >= 0.6 is 0 Å². The highest BCUT2D eigenvalue weighted by atomic mass is 19.1. The maximum Gasteiger partial charge on any atom is 0.352 e. The van der Waals surface area contributed by atoms with Crippen molar-refractivity contribution in [2.24, 2.45) is 0 Å². The van der Waals surface area contributed by atoms with E-state index in [1.165, 1.54) is 25.8 Å². The monoisotopic (exact) mass is 400 g/mol. The summed E-state index contributed by atoms with van der Waals surface area (Å²) in [5, 5.41) is 4.91. The van der Waals surface area contributed by atoms with Crippen molar-refractivity contribution in [1.82, 2.24) is 18.7 Å². The number of nitrogens with zero attached hydrogens (tertiary/aromatic N) is 4.